The number of rotatable bonds is 8. The van der Waals surface area contributed by atoms with E-state index in [-0.39, 0.29) is 0 Å². The minimum atomic E-state index is -2.94. The number of hydrogen-bond donors (Lipinski definition) is 0. The number of fused-ring (bicyclic) bond motifs is 6. The maximum absolute atomic E-state index is 2.94. The summed E-state index contributed by atoms with van der Waals surface area (Å²) in [6.07, 6.45) is 0. The second kappa shape index (κ2) is 15.2. The lowest BCUT2D eigenvalue weighted by Crippen LogP contribution is -2.75. The molecule has 12 aromatic rings. The van der Waals surface area contributed by atoms with Crippen molar-refractivity contribution in [3.05, 3.63) is 255 Å². The molecule has 10 aromatic carbocycles. The van der Waals surface area contributed by atoms with E-state index < -0.39 is 8.07 Å². The molecule has 63 heavy (non-hydrogen) atoms. The Hall–Kier alpha value is -7.98. The molecule has 0 aliphatic carbocycles. The van der Waals surface area contributed by atoms with Crippen LogP contribution in [0.15, 0.2) is 255 Å². The van der Waals surface area contributed by atoms with E-state index in [2.05, 4.69) is 264 Å². The number of nitrogens with zero attached hydrogens (tertiary/aromatic N) is 2. The zero-order valence-corrected chi connectivity index (χ0v) is 35.6. The Morgan fingerprint density at radius 2 is 0.683 bits per heavy atom. The van der Waals surface area contributed by atoms with Gasteiger partial charge < -0.3 is 9.13 Å². The summed E-state index contributed by atoms with van der Waals surface area (Å²) in [5, 5.41) is 10.4. The van der Waals surface area contributed by atoms with Crippen LogP contribution >= 0.6 is 0 Å². The van der Waals surface area contributed by atoms with Crippen LogP contribution in [0.2, 0.25) is 0 Å². The number of para-hydroxylation sites is 2. The third-order valence-electron chi connectivity index (χ3n) is 13.0. The fourth-order valence-electron chi connectivity index (χ4n) is 10.3. The van der Waals surface area contributed by atoms with Crippen molar-refractivity contribution in [2.45, 2.75) is 0 Å². The summed E-state index contributed by atoms with van der Waals surface area (Å²) in [6, 6.07) is 94.4. The first kappa shape index (κ1) is 36.8. The summed E-state index contributed by atoms with van der Waals surface area (Å²) in [4.78, 5) is 0. The van der Waals surface area contributed by atoms with E-state index in [1.807, 2.05) is 0 Å². The number of aromatic nitrogens is 2. The Labute approximate surface area is 368 Å². The van der Waals surface area contributed by atoms with E-state index in [0.717, 1.165) is 11.4 Å². The average Bonchev–Trinajstić information content (AvgIpc) is 3.87. The molecule has 0 bridgehead atoms. The second-order valence-corrected chi connectivity index (χ2v) is 20.2. The molecular weight excluding hydrogens is 777 g/mol. The molecule has 0 aliphatic rings. The Bertz CT molecular complexity index is 3500. The van der Waals surface area contributed by atoms with Gasteiger partial charge in [-0.05, 0) is 85.5 Å². The van der Waals surface area contributed by atoms with Crippen molar-refractivity contribution in [2.24, 2.45) is 0 Å². The molecule has 0 unspecified atom stereocenters. The largest absolute Gasteiger partial charge is 0.309 e. The van der Waals surface area contributed by atoms with Gasteiger partial charge in [0.1, 0.15) is 0 Å². The molecule has 12 rings (SSSR count). The first-order valence-electron chi connectivity index (χ1n) is 21.8. The number of benzene rings is 10. The van der Waals surface area contributed by atoms with E-state index in [1.54, 1.807) is 0 Å². The van der Waals surface area contributed by atoms with Crippen LogP contribution in [0, 0.1) is 0 Å². The highest BCUT2D eigenvalue weighted by Crippen LogP contribution is 2.39. The maximum Gasteiger partial charge on any atom is 0.180 e. The molecule has 0 aliphatic heterocycles. The van der Waals surface area contributed by atoms with Gasteiger partial charge in [0.25, 0.3) is 0 Å². The van der Waals surface area contributed by atoms with Crippen LogP contribution in [-0.4, -0.2) is 17.2 Å². The summed E-state index contributed by atoms with van der Waals surface area (Å²) >= 11 is 0. The molecule has 0 fully saturated rings. The molecule has 3 heteroatoms. The van der Waals surface area contributed by atoms with Crippen molar-refractivity contribution in [1.29, 1.82) is 0 Å². The van der Waals surface area contributed by atoms with Crippen LogP contribution in [-0.2, 0) is 0 Å². The van der Waals surface area contributed by atoms with Gasteiger partial charge >= 0.3 is 0 Å². The Morgan fingerprint density at radius 1 is 0.254 bits per heavy atom. The highest BCUT2D eigenvalue weighted by molar-refractivity contribution is 7.20. The van der Waals surface area contributed by atoms with Crippen LogP contribution in [0.5, 0.6) is 0 Å². The molecule has 0 atom stereocenters. The lowest BCUT2D eigenvalue weighted by atomic mass is 10.0. The predicted molar refractivity (Wildman–Crippen MR) is 270 cm³/mol. The molecular formula is C60H42N2Si. The van der Waals surface area contributed by atoms with E-state index in [0.29, 0.717) is 0 Å². The monoisotopic (exact) mass is 818 g/mol. The lowest BCUT2D eigenvalue weighted by Gasteiger charge is -2.36. The SMILES string of the molecule is c1ccc(-c2cccc(-n3c4ccccc4c4ccc(-n5c6ccccc6c6cc([Si](c7ccccc7)(c7ccccc7)c7ccccc7)c(-c7ccccc7)cc65)cc43)c2)cc1. The van der Waals surface area contributed by atoms with Gasteiger partial charge in [0.05, 0.1) is 22.1 Å². The fraction of sp³-hybridized carbons (Fsp3) is 0. The van der Waals surface area contributed by atoms with Gasteiger partial charge in [0.2, 0.25) is 0 Å². The van der Waals surface area contributed by atoms with Crippen molar-refractivity contribution in [3.63, 3.8) is 0 Å². The predicted octanol–water partition coefficient (Wildman–Crippen LogP) is 12.6. The maximum atomic E-state index is 2.57. The summed E-state index contributed by atoms with van der Waals surface area (Å²) < 4.78 is 4.95. The first-order valence-corrected chi connectivity index (χ1v) is 23.8. The summed E-state index contributed by atoms with van der Waals surface area (Å²) in [7, 11) is -2.94. The summed E-state index contributed by atoms with van der Waals surface area (Å²) in [6.45, 7) is 0. The van der Waals surface area contributed by atoms with Gasteiger partial charge in [-0.15, -0.1) is 0 Å². The second-order valence-electron chi connectivity index (χ2n) is 16.5. The Morgan fingerprint density at radius 3 is 1.25 bits per heavy atom. The van der Waals surface area contributed by atoms with Gasteiger partial charge in [0.15, 0.2) is 8.07 Å². The van der Waals surface area contributed by atoms with Crippen molar-refractivity contribution in [1.82, 2.24) is 9.13 Å². The Kier molecular flexibility index (Phi) is 8.87. The van der Waals surface area contributed by atoms with Crippen LogP contribution in [0.1, 0.15) is 0 Å². The Balaban J connectivity index is 1.18. The van der Waals surface area contributed by atoms with E-state index in [1.165, 1.54) is 86.6 Å². The van der Waals surface area contributed by atoms with Crippen LogP contribution in [0.3, 0.4) is 0 Å². The van der Waals surface area contributed by atoms with Gasteiger partial charge in [-0.3, -0.25) is 0 Å². The lowest BCUT2D eigenvalue weighted by molar-refractivity contribution is 1.15. The van der Waals surface area contributed by atoms with Gasteiger partial charge in [-0.2, -0.15) is 0 Å². The molecule has 0 amide bonds. The van der Waals surface area contributed by atoms with E-state index in [9.17, 15) is 0 Å². The molecule has 2 aromatic heterocycles. The molecule has 2 nitrogen and oxygen atoms in total. The first-order chi connectivity index (χ1) is 31.3. The zero-order chi connectivity index (χ0) is 41.7. The van der Waals surface area contributed by atoms with Gasteiger partial charge in [0, 0.05) is 32.9 Å². The van der Waals surface area contributed by atoms with Gasteiger partial charge in [-0.25, -0.2) is 0 Å². The average molecular weight is 819 g/mol. The third-order valence-corrected chi connectivity index (χ3v) is 17.9. The van der Waals surface area contributed by atoms with E-state index in [4.69, 9.17) is 0 Å². The highest BCUT2D eigenvalue weighted by atomic mass is 28.3. The topological polar surface area (TPSA) is 9.86 Å². The standard InChI is InChI=1S/C60H42N2Si/c1-6-21-43(22-7-1)45-25-20-26-46(39-45)61-56-35-18-16-33-51(56)53-38-37-47(40-58(53)61)62-57-36-19-17-34-52(57)55-42-60(54(41-59(55)62)44-23-8-2-9-24-44)63(48-27-10-3-11-28-48,49-29-12-4-13-30-49)50-31-14-5-15-32-50/h1-42H. The molecule has 0 saturated carbocycles. The fourth-order valence-corrected chi connectivity index (χ4v) is 15.3. The molecule has 0 N–H and O–H groups in total. The molecule has 0 spiro atoms. The summed E-state index contributed by atoms with van der Waals surface area (Å²) in [5.74, 6) is 0. The quantitative estimate of drug-likeness (QED) is 0.107. The van der Waals surface area contributed by atoms with E-state index >= 15 is 0 Å². The highest BCUT2D eigenvalue weighted by Gasteiger charge is 2.43. The van der Waals surface area contributed by atoms with Crippen molar-refractivity contribution in [2.75, 3.05) is 0 Å². The zero-order valence-electron chi connectivity index (χ0n) is 34.6. The molecule has 296 valence electrons. The van der Waals surface area contributed by atoms with Crippen molar-refractivity contribution >= 4 is 72.4 Å². The van der Waals surface area contributed by atoms with Crippen molar-refractivity contribution in [3.8, 4) is 33.6 Å². The molecule has 0 radical (unpaired) electrons. The van der Waals surface area contributed by atoms with Crippen molar-refractivity contribution < 1.29 is 0 Å². The van der Waals surface area contributed by atoms with Crippen LogP contribution in [0.4, 0.5) is 0 Å². The molecule has 0 saturated heterocycles. The minimum Gasteiger partial charge on any atom is -0.309 e. The smallest absolute Gasteiger partial charge is 0.180 e. The minimum absolute atomic E-state index is 1.13. The third kappa shape index (κ3) is 5.93. The van der Waals surface area contributed by atoms with Gasteiger partial charge in [-0.1, -0.05) is 212 Å². The summed E-state index contributed by atoms with van der Waals surface area (Å²) in [5.41, 5.74) is 11.9. The van der Waals surface area contributed by atoms with Crippen LogP contribution in [0.25, 0.3) is 77.2 Å². The normalized spacial score (nSPS) is 11.8. The molecule has 2 heterocycles. The van der Waals surface area contributed by atoms with Crippen LogP contribution < -0.4 is 20.7 Å². The number of hydrogen-bond acceptors (Lipinski definition) is 0.